The molecular formula is C16H19N3O. The van der Waals surface area contributed by atoms with Crippen LogP contribution in [-0.4, -0.2) is 10.1 Å². The van der Waals surface area contributed by atoms with Crippen LogP contribution < -0.4 is 5.73 Å². The van der Waals surface area contributed by atoms with Gasteiger partial charge in [-0.25, -0.2) is 0 Å². The molecule has 20 heavy (non-hydrogen) atoms. The summed E-state index contributed by atoms with van der Waals surface area (Å²) in [6, 6.07) is 7.95. The van der Waals surface area contributed by atoms with Gasteiger partial charge in [0.05, 0.1) is 0 Å². The maximum absolute atomic E-state index is 5.60. The molecule has 4 nitrogen and oxygen atoms in total. The molecule has 1 aliphatic carbocycles. The summed E-state index contributed by atoms with van der Waals surface area (Å²) in [6.07, 6.45) is 4.87. The highest BCUT2D eigenvalue weighted by Crippen LogP contribution is 2.31. The minimum atomic E-state index is 0.545. The van der Waals surface area contributed by atoms with Crippen molar-refractivity contribution in [3.8, 4) is 11.4 Å². The molecule has 1 aromatic carbocycles. The number of aromatic nitrogens is 2. The van der Waals surface area contributed by atoms with Crippen molar-refractivity contribution in [1.29, 1.82) is 0 Å². The van der Waals surface area contributed by atoms with E-state index in [1.165, 1.54) is 18.4 Å². The molecule has 0 spiro atoms. The average Bonchev–Trinajstić information content (AvgIpc) is 3.18. The molecule has 3 rings (SSSR count). The molecule has 1 aliphatic rings. The Hall–Kier alpha value is -1.94. The van der Waals surface area contributed by atoms with Crippen molar-refractivity contribution in [3.63, 3.8) is 0 Å². The normalized spacial score (nSPS) is 14.8. The van der Waals surface area contributed by atoms with E-state index in [4.69, 9.17) is 10.3 Å². The molecule has 1 aromatic heterocycles. The van der Waals surface area contributed by atoms with Crippen LogP contribution >= 0.6 is 0 Å². The number of hydrogen-bond acceptors (Lipinski definition) is 4. The first-order valence-corrected chi connectivity index (χ1v) is 7.10. The van der Waals surface area contributed by atoms with Gasteiger partial charge in [0.15, 0.2) is 0 Å². The summed E-state index contributed by atoms with van der Waals surface area (Å²) in [4.78, 5) is 4.51. The summed E-state index contributed by atoms with van der Waals surface area (Å²) < 4.78 is 5.41. The van der Waals surface area contributed by atoms with Gasteiger partial charge in [-0.2, -0.15) is 4.98 Å². The van der Waals surface area contributed by atoms with Crippen LogP contribution in [0.15, 0.2) is 34.4 Å². The van der Waals surface area contributed by atoms with Gasteiger partial charge in [0.2, 0.25) is 5.82 Å². The lowest BCUT2D eigenvalue weighted by molar-refractivity contribution is 0.407. The van der Waals surface area contributed by atoms with Gasteiger partial charge in [0.1, 0.15) is 0 Å². The summed E-state index contributed by atoms with van der Waals surface area (Å²) >= 11 is 0. The molecule has 0 unspecified atom stereocenters. The molecule has 2 aromatic rings. The zero-order valence-electron chi connectivity index (χ0n) is 11.7. The van der Waals surface area contributed by atoms with Crippen LogP contribution in [0, 0.1) is 0 Å². The van der Waals surface area contributed by atoms with Gasteiger partial charge >= 0.3 is 0 Å². The Morgan fingerprint density at radius 1 is 1.20 bits per heavy atom. The lowest BCUT2D eigenvalue weighted by Gasteiger charge is -1.99. The minimum Gasteiger partial charge on any atom is -0.334 e. The van der Waals surface area contributed by atoms with Gasteiger partial charge < -0.3 is 10.3 Å². The van der Waals surface area contributed by atoms with Crippen LogP contribution in [0.2, 0.25) is 0 Å². The molecule has 1 heterocycles. The van der Waals surface area contributed by atoms with Gasteiger partial charge in [-0.3, -0.25) is 0 Å². The minimum absolute atomic E-state index is 0.545. The fraction of sp³-hybridized carbons (Fsp3) is 0.375. The average molecular weight is 269 g/mol. The summed E-state index contributed by atoms with van der Waals surface area (Å²) in [5.41, 5.74) is 10.3. The lowest BCUT2D eigenvalue weighted by atomic mass is 10.1. The highest BCUT2D eigenvalue weighted by Gasteiger charge is 2.16. The second kappa shape index (κ2) is 5.59. The second-order valence-corrected chi connectivity index (χ2v) is 5.26. The number of benzene rings is 1. The number of nitrogens with zero attached hydrogens (tertiary/aromatic N) is 2. The van der Waals surface area contributed by atoms with E-state index >= 15 is 0 Å². The SMILES string of the molecule is CC(=C1CCCC1)c1nc(-c2ccc(CN)cc2)no1. The van der Waals surface area contributed by atoms with E-state index in [0.29, 0.717) is 18.3 Å². The van der Waals surface area contributed by atoms with E-state index in [0.717, 1.165) is 29.5 Å². The van der Waals surface area contributed by atoms with Gasteiger partial charge in [-0.1, -0.05) is 35.0 Å². The molecule has 0 aliphatic heterocycles. The molecular weight excluding hydrogens is 250 g/mol. The third-order valence-corrected chi connectivity index (χ3v) is 3.93. The van der Waals surface area contributed by atoms with Gasteiger partial charge in [0, 0.05) is 17.7 Å². The van der Waals surface area contributed by atoms with Crippen LogP contribution in [0.25, 0.3) is 17.0 Å². The number of hydrogen-bond donors (Lipinski definition) is 1. The van der Waals surface area contributed by atoms with E-state index in [9.17, 15) is 0 Å². The van der Waals surface area contributed by atoms with Crippen molar-refractivity contribution in [1.82, 2.24) is 10.1 Å². The quantitative estimate of drug-likeness (QED) is 0.925. The van der Waals surface area contributed by atoms with Crippen LogP contribution in [0.5, 0.6) is 0 Å². The van der Waals surface area contributed by atoms with Gasteiger partial charge in [0.25, 0.3) is 5.89 Å². The number of rotatable bonds is 3. The summed E-state index contributed by atoms with van der Waals surface area (Å²) in [6.45, 7) is 2.62. The molecule has 2 N–H and O–H groups in total. The Morgan fingerprint density at radius 3 is 2.55 bits per heavy atom. The first kappa shape index (κ1) is 13.1. The zero-order valence-corrected chi connectivity index (χ0v) is 11.7. The third kappa shape index (κ3) is 2.51. The molecule has 4 heteroatoms. The maximum atomic E-state index is 5.60. The first-order valence-electron chi connectivity index (χ1n) is 7.10. The second-order valence-electron chi connectivity index (χ2n) is 5.26. The molecule has 0 bridgehead atoms. The molecule has 1 fully saturated rings. The first-order chi connectivity index (χ1) is 9.78. The van der Waals surface area contributed by atoms with Gasteiger partial charge in [-0.05, 0) is 38.2 Å². The van der Waals surface area contributed by atoms with E-state index in [-0.39, 0.29) is 0 Å². The van der Waals surface area contributed by atoms with Crippen molar-refractivity contribution in [3.05, 3.63) is 41.3 Å². The van der Waals surface area contributed by atoms with Crippen molar-refractivity contribution >= 4 is 5.57 Å². The van der Waals surface area contributed by atoms with Gasteiger partial charge in [-0.15, -0.1) is 0 Å². The predicted octanol–water partition coefficient (Wildman–Crippen LogP) is 3.54. The van der Waals surface area contributed by atoms with E-state index in [1.807, 2.05) is 24.3 Å². The Morgan fingerprint density at radius 2 is 1.90 bits per heavy atom. The van der Waals surface area contributed by atoms with Crippen molar-refractivity contribution in [2.75, 3.05) is 0 Å². The fourth-order valence-electron chi connectivity index (χ4n) is 2.61. The van der Waals surface area contributed by atoms with E-state index in [2.05, 4.69) is 17.1 Å². The smallest absolute Gasteiger partial charge is 0.253 e. The van der Waals surface area contributed by atoms with E-state index in [1.54, 1.807) is 0 Å². The summed E-state index contributed by atoms with van der Waals surface area (Å²) in [5.74, 6) is 1.29. The van der Waals surface area contributed by atoms with Crippen LogP contribution in [-0.2, 0) is 6.54 Å². The molecule has 0 atom stereocenters. The maximum Gasteiger partial charge on any atom is 0.253 e. The third-order valence-electron chi connectivity index (χ3n) is 3.93. The van der Waals surface area contributed by atoms with Crippen LogP contribution in [0.4, 0.5) is 0 Å². The monoisotopic (exact) mass is 269 g/mol. The Labute approximate surface area is 118 Å². The highest BCUT2D eigenvalue weighted by molar-refractivity contribution is 5.63. The predicted molar refractivity (Wildman–Crippen MR) is 78.7 cm³/mol. The molecule has 1 saturated carbocycles. The van der Waals surface area contributed by atoms with Crippen molar-refractivity contribution in [2.45, 2.75) is 39.2 Å². The molecule has 104 valence electrons. The summed E-state index contributed by atoms with van der Waals surface area (Å²) in [5, 5.41) is 4.08. The Bertz CT molecular complexity index is 617. The topological polar surface area (TPSA) is 64.9 Å². The van der Waals surface area contributed by atoms with Crippen LogP contribution in [0.3, 0.4) is 0 Å². The summed E-state index contributed by atoms with van der Waals surface area (Å²) in [7, 11) is 0. The highest BCUT2D eigenvalue weighted by atomic mass is 16.5. The lowest BCUT2D eigenvalue weighted by Crippen LogP contribution is -1.95. The Kier molecular flexibility index (Phi) is 3.65. The van der Waals surface area contributed by atoms with Crippen molar-refractivity contribution in [2.24, 2.45) is 5.73 Å². The zero-order chi connectivity index (χ0) is 13.9. The number of nitrogens with two attached hydrogens (primary N) is 1. The number of allylic oxidation sites excluding steroid dienone is 2. The Balaban J connectivity index is 1.87. The van der Waals surface area contributed by atoms with Crippen molar-refractivity contribution < 1.29 is 4.52 Å². The molecule has 0 radical (unpaired) electrons. The molecule has 0 amide bonds. The largest absolute Gasteiger partial charge is 0.334 e. The fourth-order valence-corrected chi connectivity index (χ4v) is 2.61. The van der Waals surface area contributed by atoms with Crippen LogP contribution in [0.1, 0.15) is 44.1 Å². The van der Waals surface area contributed by atoms with E-state index < -0.39 is 0 Å². The molecule has 0 saturated heterocycles. The standard InChI is InChI=1S/C16H19N3O/c1-11(13-4-2-3-5-13)16-18-15(19-20-16)14-8-6-12(10-17)7-9-14/h6-9H,2-5,10,17H2,1H3.